The molecule has 0 saturated heterocycles. The minimum absolute atomic E-state index is 0.000630. The number of rotatable bonds is 3. The molecule has 0 radical (unpaired) electrons. The quantitative estimate of drug-likeness (QED) is 0.838. The summed E-state index contributed by atoms with van der Waals surface area (Å²) in [6, 6.07) is 6.21. The highest BCUT2D eigenvalue weighted by atomic mass is 19.1. The first-order chi connectivity index (χ1) is 9.93. The fourth-order valence-corrected chi connectivity index (χ4v) is 1.83. The summed E-state index contributed by atoms with van der Waals surface area (Å²) in [4.78, 5) is 26.4. The highest BCUT2D eigenvalue weighted by Gasteiger charge is 2.18. The van der Waals surface area contributed by atoms with Crippen molar-refractivity contribution < 1.29 is 23.8 Å². The van der Waals surface area contributed by atoms with Crippen molar-refractivity contribution in [1.29, 1.82) is 0 Å². The number of carbonyl (C=O) groups excluding carboxylic acids is 1. The molecule has 0 atom stereocenters. The van der Waals surface area contributed by atoms with E-state index >= 15 is 0 Å². The molecule has 1 aromatic heterocycles. The number of pyridine rings is 1. The van der Waals surface area contributed by atoms with Crippen molar-refractivity contribution in [1.82, 2.24) is 4.98 Å². The van der Waals surface area contributed by atoms with Crippen molar-refractivity contribution in [2.75, 3.05) is 12.8 Å². The molecule has 0 fully saturated rings. The number of aromatic carboxylic acids is 1. The van der Waals surface area contributed by atoms with E-state index in [1.807, 2.05) is 0 Å². The van der Waals surface area contributed by atoms with E-state index in [1.54, 1.807) is 0 Å². The molecule has 0 aliphatic heterocycles. The van der Waals surface area contributed by atoms with Gasteiger partial charge in [-0.25, -0.2) is 19.0 Å². The highest BCUT2D eigenvalue weighted by molar-refractivity contribution is 5.96. The molecule has 2 rings (SSSR count). The number of carboxylic acid groups (broad SMARTS) is 1. The lowest BCUT2D eigenvalue weighted by Gasteiger charge is -2.09. The van der Waals surface area contributed by atoms with Crippen molar-refractivity contribution >= 4 is 17.8 Å². The largest absolute Gasteiger partial charge is 0.476 e. The van der Waals surface area contributed by atoms with Crippen LogP contribution < -0.4 is 5.73 Å². The Morgan fingerprint density at radius 2 is 1.95 bits per heavy atom. The zero-order valence-electron chi connectivity index (χ0n) is 11.0. The molecule has 2 aromatic rings. The zero-order valence-corrected chi connectivity index (χ0v) is 11.0. The van der Waals surface area contributed by atoms with Crippen LogP contribution in [0.3, 0.4) is 0 Å². The number of carbonyl (C=O) groups is 2. The topological polar surface area (TPSA) is 103 Å². The van der Waals surface area contributed by atoms with Crippen molar-refractivity contribution in [2.24, 2.45) is 0 Å². The van der Waals surface area contributed by atoms with Crippen LogP contribution in [0.2, 0.25) is 0 Å². The number of ether oxygens (including phenoxy) is 1. The number of carboxylic acids is 1. The Bertz CT molecular complexity index is 731. The number of anilines is 1. The van der Waals surface area contributed by atoms with Crippen molar-refractivity contribution in [3.63, 3.8) is 0 Å². The van der Waals surface area contributed by atoms with Crippen LogP contribution in [0.4, 0.5) is 10.2 Å². The second kappa shape index (κ2) is 5.58. The number of nitrogen functional groups attached to an aromatic ring is 1. The van der Waals surface area contributed by atoms with Gasteiger partial charge in [0.25, 0.3) is 0 Å². The zero-order chi connectivity index (χ0) is 15.6. The van der Waals surface area contributed by atoms with E-state index in [1.165, 1.54) is 31.4 Å². The van der Waals surface area contributed by atoms with Gasteiger partial charge in [0.2, 0.25) is 0 Å². The van der Waals surface area contributed by atoms with E-state index in [-0.39, 0.29) is 22.5 Å². The third kappa shape index (κ3) is 2.81. The first-order valence-corrected chi connectivity index (χ1v) is 5.82. The molecule has 7 heteroatoms. The second-order valence-corrected chi connectivity index (χ2v) is 4.12. The van der Waals surface area contributed by atoms with Crippen LogP contribution in [-0.2, 0) is 4.74 Å². The standard InChI is InChI=1S/C14H11FN2O4/c1-21-14(20)7-2-4-10(15)9(6-7)8-3-5-11(16)17-12(8)13(18)19/h2-6H,1H3,(H2,16,17)(H,18,19). The average molecular weight is 290 g/mol. The Labute approximate surface area is 119 Å². The van der Waals surface area contributed by atoms with Gasteiger partial charge in [-0.15, -0.1) is 0 Å². The van der Waals surface area contributed by atoms with Gasteiger partial charge in [0.1, 0.15) is 11.6 Å². The lowest BCUT2D eigenvalue weighted by molar-refractivity contribution is 0.0600. The van der Waals surface area contributed by atoms with Crippen molar-refractivity contribution in [2.45, 2.75) is 0 Å². The number of nitrogens with two attached hydrogens (primary N) is 1. The van der Waals surface area contributed by atoms with E-state index in [4.69, 9.17) is 10.8 Å². The summed E-state index contributed by atoms with van der Waals surface area (Å²) < 4.78 is 18.5. The number of benzene rings is 1. The number of aromatic nitrogens is 1. The third-order valence-corrected chi connectivity index (χ3v) is 2.80. The molecule has 1 aromatic carbocycles. The minimum Gasteiger partial charge on any atom is -0.476 e. The Balaban J connectivity index is 2.66. The van der Waals surface area contributed by atoms with Crippen LogP contribution in [0.15, 0.2) is 30.3 Å². The van der Waals surface area contributed by atoms with Gasteiger partial charge in [-0.2, -0.15) is 0 Å². The summed E-state index contributed by atoms with van der Waals surface area (Å²) in [6.45, 7) is 0. The normalized spacial score (nSPS) is 10.2. The Morgan fingerprint density at radius 3 is 2.57 bits per heavy atom. The molecule has 21 heavy (non-hydrogen) atoms. The van der Waals surface area contributed by atoms with Crippen LogP contribution in [-0.4, -0.2) is 29.1 Å². The van der Waals surface area contributed by atoms with Crippen LogP contribution in [0.25, 0.3) is 11.1 Å². The van der Waals surface area contributed by atoms with Crippen molar-refractivity contribution in [3.05, 3.63) is 47.4 Å². The molecule has 1 heterocycles. The van der Waals surface area contributed by atoms with Crippen LogP contribution in [0, 0.1) is 5.82 Å². The minimum atomic E-state index is -1.35. The Kier molecular flexibility index (Phi) is 3.84. The molecule has 0 bridgehead atoms. The van der Waals surface area contributed by atoms with Crippen LogP contribution in [0.5, 0.6) is 0 Å². The smallest absolute Gasteiger partial charge is 0.355 e. The van der Waals surface area contributed by atoms with Gasteiger partial charge >= 0.3 is 11.9 Å². The van der Waals surface area contributed by atoms with Crippen LogP contribution in [0.1, 0.15) is 20.8 Å². The first-order valence-electron chi connectivity index (χ1n) is 5.82. The monoisotopic (exact) mass is 290 g/mol. The molecule has 0 amide bonds. The number of methoxy groups -OCH3 is 1. The first kappa shape index (κ1) is 14.4. The molecular formula is C14H11FN2O4. The molecule has 3 N–H and O–H groups in total. The molecule has 0 aliphatic carbocycles. The number of hydrogen-bond donors (Lipinski definition) is 2. The maximum atomic E-state index is 14.0. The average Bonchev–Trinajstić information content (AvgIpc) is 2.47. The summed E-state index contributed by atoms with van der Waals surface area (Å²) >= 11 is 0. The summed E-state index contributed by atoms with van der Waals surface area (Å²) in [6.07, 6.45) is 0. The lowest BCUT2D eigenvalue weighted by atomic mass is 10.0. The SMILES string of the molecule is COC(=O)c1ccc(F)c(-c2ccc(N)nc2C(=O)O)c1. The van der Waals surface area contributed by atoms with Crippen LogP contribution >= 0.6 is 0 Å². The number of nitrogens with zero attached hydrogens (tertiary/aromatic N) is 1. The Hall–Kier alpha value is -2.96. The van der Waals surface area contributed by atoms with Crippen molar-refractivity contribution in [3.8, 4) is 11.1 Å². The number of hydrogen-bond acceptors (Lipinski definition) is 5. The van der Waals surface area contributed by atoms with Gasteiger partial charge in [0.05, 0.1) is 12.7 Å². The maximum Gasteiger partial charge on any atom is 0.355 e. The fraction of sp³-hybridized carbons (Fsp3) is 0.0714. The summed E-state index contributed by atoms with van der Waals surface area (Å²) in [5, 5.41) is 9.13. The van der Waals surface area contributed by atoms with Gasteiger partial charge in [0, 0.05) is 11.1 Å². The fourth-order valence-electron chi connectivity index (χ4n) is 1.83. The van der Waals surface area contributed by atoms with E-state index in [2.05, 4.69) is 9.72 Å². The maximum absolute atomic E-state index is 14.0. The van der Waals surface area contributed by atoms with Gasteiger partial charge in [-0.3, -0.25) is 0 Å². The van der Waals surface area contributed by atoms with E-state index in [0.29, 0.717) is 0 Å². The summed E-state index contributed by atoms with van der Waals surface area (Å²) in [5.74, 6) is -2.69. The van der Waals surface area contributed by atoms with Gasteiger partial charge < -0.3 is 15.6 Å². The highest BCUT2D eigenvalue weighted by Crippen LogP contribution is 2.27. The van der Waals surface area contributed by atoms with E-state index in [0.717, 1.165) is 6.07 Å². The molecular weight excluding hydrogens is 279 g/mol. The summed E-state index contributed by atoms with van der Waals surface area (Å²) in [7, 11) is 1.19. The van der Waals surface area contributed by atoms with Gasteiger partial charge in [0.15, 0.2) is 5.69 Å². The number of esters is 1. The van der Waals surface area contributed by atoms with E-state index in [9.17, 15) is 14.0 Å². The second-order valence-electron chi connectivity index (χ2n) is 4.12. The molecule has 108 valence electrons. The van der Waals surface area contributed by atoms with E-state index < -0.39 is 23.4 Å². The van der Waals surface area contributed by atoms with Gasteiger partial charge in [-0.1, -0.05) is 0 Å². The summed E-state index contributed by atoms with van der Waals surface area (Å²) in [5.41, 5.74) is 5.11. The molecule has 0 aliphatic rings. The number of halogens is 1. The predicted molar refractivity (Wildman–Crippen MR) is 72.3 cm³/mol. The molecule has 0 spiro atoms. The molecule has 0 saturated carbocycles. The van der Waals surface area contributed by atoms with Gasteiger partial charge in [-0.05, 0) is 30.3 Å². The molecule has 0 unspecified atom stereocenters. The lowest BCUT2D eigenvalue weighted by Crippen LogP contribution is -2.07. The predicted octanol–water partition coefficient (Wildman–Crippen LogP) is 1.95. The molecule has 6 nitrogen and oxygen atoms in total. The Morgan fingerprint density at radius 1 is 1.24 bits per heavy atom. The third-order valence-electron chi connectivity index (χ3n) is 2.80.